The van der Waals surface area contributed by atoms with Gasteiger partial charge in [0.15, 0.2) is 0 Å². The van der Waals surface area contributed by atoms with Crippen molar-refractivity contribution in [1.82, 2.24) is 20.1 Å². The molecule has 0 saturated carbocycles. The summed E-state index contributed by atoms with van der Waals surface area (Å²) >= 11 is 0. The number of ether oxygens (including phenoxy) is 1. The number of benzene rings is 3. The molecule has 2 N–H and O–H groups in total. The number of fused-ring (bicyclic) bond motifs is 2. The van der Waals surface area contributed by atoms with Gasteiger partial charge in [0.05, 0.1) is 35.3 Å². The molecule has 1 fully saturated rings. The summed E-state index contributed by atoms with van der Waals surface area (Å²) in [4.78, 5) is 17.6. The van der Waals surface area contributed by atoms with Crippen molar-refractivity contribution in [2.75, 3.05) is 13.2 Å². The van der Waals surface area contributed by atoms with E-state index in [1.54, 1.807) is 42.2 Å². The van der Waals surface area contributed by atoms with Crippen molar-refractivity contribution >= 4 is 27.7 Å². The number of nitrogens with zero attached hydrogens (tertiary/aromatic N) is 3. The molecule has 0 radical (unpaired) electrons. The lowest BCUT2D eigenvalue weighted by Crippen LogP contribution is -2.48. The van der Waals surface area contributed by atoms with Crippen LogP contribution >= 0.6 is 0 Å². The predicted molar refractivity (Wildman–Crippen MR) is 143 cm³/mol. The summed E-state index contributed by atoms with van der Waals surface area (Å²) in [5.41, 5.74) is 3.08. The molecule has 1 aliphatic heterocycles. The highest BCUT2D eigenvalue weighted by Crippen LogP contribution is 2.32. The highest BCUT2D eigenvalue weighted by molar-refractivity contribution is 6.06. The maximum Gasteiger partial charge on any atom is 0.253 e. The molecule has 1 amide bonds. The smallest absolute Gasteiger partial charge is 0.253 e. The van der Waals surface area contributed by atoms with Crippen LogP contribution < -0.4 is 5.32 Å². The summed E-state index contributed by atoms with van der Waals surface area (Å²) in [6.45, 7) is 0.582. The standard InChI is InChI=1S/C30H26F2N4O3/c1-36-15-23-20(5-2-6-26(23)35-36)19-13-24(31)21(25(32)14-19)11-17-10-18-4-3-8-33-29(18)22(12-17)30(38)34-27-7-9-39-16-28(27)37/h2-6,8,10,12-15,27-28,37H,7,9,11,16H2,1H3,(H,34,38)/t27-,28-/m0/s1. The molecule has 2 aromatic heterocycles. The fraction of sp³-hybridized carbons (Fsp3) is 0.233. The lowest BCUT2D eigenvalue weighted by atomic mass is 9.95. The number of carbonyl (C=O) groups excluding carboxylic acids is 1. The van der Waals surface area contributed by atoms with E-state index in [4.69, 9.17) is 4.74 Å². The molecule has 5 aromatic rings. The Balaban J connectivity index is 1.35. The van der Waals surface area contributed by atoms with Crippen LogP contribution in [0.5, 0.6) is 0 Å². The SMILES string of the molecule is Cn1cc2c(-c3cc(F)c(Cc4cc(C(=O)N[C@H]5CCOC[C@@H]5O)c5ncccc5c4)c(F)c3)cccc2n1. The Morgan fingerprint density at radius 3 is 2.77 bits per heavy atom. The van der Waals surface area contributed by atoms with Crippen LogP contribution in [0.2, 0.25) is 0 Å². The minimum atomic E-state index is -0.815. The normalized spacial score (nSPS) is 17.5. The molecular weight excluding hydrogens is 502 g/mol. The van der Waals surface area contributed by atoms with Crippen molar-refractivity contribution in [3.8, 4) is 11.1 Å². The number of amides is 1. The van der Waals surface area contributed by atoms with Gasteiger partial charge in [-0.1, -0.05) is 18.2 Å². The van der Waals surface area contributed by atoms with Gasteiger partial charge in [-0.15, -0.1) is 0 Å². The van der Waals surface area contributed by atoms with Crippen LogP contribution in [0.15, 0.2) is 67.0 Å². The second-order valence-electron chi connectivity index (χ2n) is 9.87. The fourth-order valence-electron chi connectivity index (χ4n) is 5.21. The van der Waals surface area contributed by atoms with Crippen LogP contribution in [-0.4, -0.2) is 51.1 Å². The van der Waals surface area contributed by atoms with Crippen molar-refractivity contribution in [2.24, 2.45) is 7.05 Å². The molecule has 3 aromatic carbocycles. The molecule has 198 valence electrons. The average molecular weight is 529 g/mol. The molecule has 3 heterocycles. The first-order valence-electron chi connectivity index (χ1n) is 12.7. The molecule has 9 heteroatoms. The first kappa shape index (κ1) is 25.1. The van der Waals surface area contributed by atoms with Crippen molar-refractivity contribution in [2.45, 2.75) is 25.0 Å². The molecule has 6 rings (SSSR count). The van der Waals surface area contributed by atoms with E-state index in [1.165, 1.54) is 12.1 Å². The second-order valence-corrected chi connectivity index (χ2v) is 9.87. The number of carbonyl (C=O) groups is 1. The summed E-state index contributed by atoms with van der Waals surface area (Å²) in [5, 5.41) is 18.9. The zero-order valence-corrected chi connectivity index (χ0v) is 21.2. The van der Waals surface area contributed by atoms with Gasteiger partial charge >= 0.3 is 0 Å². The van der Waals surface area contributed by atoms with Gasteiger partial charge in [-0.25, -0.2) is 8.78 Å². The van der Waals surface area contributed by atoms with E-state index in [9.17, 15) is 9.90 Å². The Kier molecular flexibility index (Phi) is 6.54. The largest absolute Gasteiger partial charge is 0.389 e. The maximum absolute atomic E-state index is 15.4. The van der Waals surface area contributed by atoms with E-state index in [-0.39, 0.29) is 24.2 Å². The van der Waals surface area contributed by atoms with Gasteiger partial charge < -0.3 is 15.2 Å². The molecule has 0 unspecified atom stereocenters. The topological polar surface area (TPSA) is 89.3 Å². The van der Waals surface area contributed by atoms with Crippen LogP contribution in [0.3, 0.4) is 0 Å². The number of aryl methyl sites for hydroxylation is 1. The van der Waals surface area contributed by atoms with Gasteiger partial charge in [0.2, 0.25) is 0 Å². The minimum Gasteiger partial charge on any atom is -0.389 e. The highest BCUT2D eigenvalue weighted by atomic mass is 19.1. The third-order valence-electron chi connectivity index (χ3n) is 7.15. The summed E-state index contributed by atoms with van der Waals surface area (Å²) in [7, 11) is 1.80. The van der Waals surface area contributed by atoms with Crippen molar-refractivity contribution < 1.29 is 23.4 Å². The number of aliphatic hydroxyl groups is 1. The van der Waals surface area contributed by atoms with Gasteiger partial charge in [-0.3, -0.25) is 14.5 Å². The Labute approximate surface area is 223 Å². The van der Waals surface area contributed by atoms with Crippen LogP contribution in [0.4, 0.5) is 8.78 Å². The van der Waals surface area contributed by atoms with Crippen LogP contribution in [0.1, 0.15) is 27.9 Å². The van der Waals surface area contributed by atoms with Crippen molar-refractivity contribution in [3.05, 3.63) is 95.3 Å². The summed E-state index contributed by atoms with van der Waals surface area (Å²) in [6.07, 6.45) is 3.02. The Bertz CT molecular complexity index is 1690. The number of aliphatic hydroxyl groups excluding tert-OH is 1. The van der Waals surface area contributed by atoms with Crippen LogP contribution in [0, 0.1) is 11.6 Å². The fourth-order valence-corrected chi connectivity index (χ4v) is 5.21. The van der Waals surface area contributed by atoms with Gasteiger partial charge in [-0.2, -0.15) is 5.10 Å². The summed E-state index contributed by atoms with van der Waals surface area (Å²) < 4.78 is 37.8. The Hall–Kier alpha value is -4.21. The molecule has 2 atom stereocenters. The molecule has 7 nitrogen and oxygen atoms in total. The van der Waals surface area contributed by atoms with Gasteiger partial charge in [0.25, 0.3) is 5.91 Å². The number of hydrogen-bond donors (Lipinski definition) is 2. The summed E-state index contributed by atoms with van der Waals surface area (Å²) in [5.74, 6) is -1.76. The van der Waals surface area contributed by atoms with Crippen LogP contribution in [0.25, 0.3) is 32.9 Å². The average Bonchev–Trinajstić information content (AvgIpc) is 3.31. The zero-order valence-electron chi connectivity index (χ0n) is 21.2. The lowest BCUT2D eigenvalue weighted by Gasteiger charge is -2.28. The summed E-state index contributed by atoms with van der Waals surface area (Å²) in [6, 6.07) is 14.6. The molecule has 1 aliphatic rings. The highest BCUT2D eigenvalue weighted by Gasteiger charge is 2.26. The third-order valence-corrected chi connectivity index (χ3v) is 7.15. The van der Waals surface area contributed by atoms with Gasteiger partial charge in [0, 0.05) is 48.8 Å². The lowest BCUT2D eigenvalue weighted by molar-refractivity contribution is -0.0260. The van der Waals surface area contributed by atoms with E-state index < -0.39 is 29.7 Å². The van der Waals surface area contributed by atoms with Crippen molar-refractivity contribution in [1.29, 1.82) is 0 Å². The van der Waals surface area contributed by atoms with E-state index in [0.29, 0.717) is 40.6 Å². The molecule has 1 saturated heterocycles. The molecule has 0 aliphatic carbocycles. The molecule has 0 bridgehead atoms. The van der Waals surface area contributed by atoms with Crippen LogP contribution in [-0.2, 0) is 18.2 Å². The van der Waals surface area contributed by atoms with E-state index >= 15 is 8.78 Å². The zero-order chi connectivity index (χ0) is 27.1. The predicted octanol–water partition coefficient (Wildman–Crippen LogP) is 4.54. The first-order chi connectivity index (χ1) is 18.9. The number of hydrogen-bond acceptors (Lipinski definition) is 5. The van der Waals surface area contributed by atoms with E-state index in [0.717, 1.165) is 10.9 Å². The number of halogens is 2. The minimum absolute atomic E-state index is 0.0555. The molecule has 39 heavy (non-hydrogen) atoms. The Morgan fingerprint density at radius 2 is 1.97 bits per heavy atom. The monoisotopic (exact) mass is 528 g/mol. The third kappa shape index (κ3) is 4.86. The van der Waals surface area contributed by atoms with Gasteiger partial charge in [-0.05, 0) is 59.5 Å². The maximum atomic E-state index is 15.4. The second kappa shape index (κ2) is 10.2. The molecular formula is C30H26F2N4O3. The van der Waals surface area contributed by atoms with Crippen molar-refractivity contribution in [3.63, 3.8) is 0 Å². The van der Waals surface area contributed by atoms with E-state index in [2.05, 4.69) is 15.4 Å². The number of nitrogens with one attached hydrogen (secondary N) is 1. The number of rotatable bonds is 5. The molecule has 0 spiro atoms. The first-order valence-corrected chi connectivity index (χ1v) is 12.7. The van der Waals surface area contributed by atoms with E-state index in [1.807, 2.05) is 24.4 Å². The number of pyridine rings is 1. The number of aromatic nitrogens is 3. The Morgan fingerprint density at radius 1 is 1.15 bits per heavy atom. The quantitative estimate of drug-likeness (QED) is 0.350. The van der Waals surface area contributed by atoms with Gasteiger partial charge in [0.1, 0.15) is 11.6 Å².